The number of carbonyl (C=O) groups excluding carboxylic acids is 1. The van der Waals surface area contributed by atoms with Crippen LogP contribution in [0.1, 0.15) is 0 Å². The molecule has 0 saturated heterocycles. The van der Waals surface area contributed by atoms with Gasteiger partial charge in [-0.3, -0.25) is 14.6 Å². The van der Waals surface area contributed by atoms with Gasteiger partial charge in [-0.05, 0) is 38.4 Å². The number of likely N-dealkylation sites (N-methyl/N-ethyl adjacent to an activating group) is 1. The maximum atomic E-state index is 12.3. The summed E-state index contributed by atoms with van der Waals surface area (Å²) in [6, 6.07) is 6.62. The number of ether oxygens (including phenoxy) is 2. The topological polar surface area (TPSA) is 88.6 Å². The number of carbonyl (C=O) groups is 1. The molecule has 0 aliphatic rings. The van der Waals surface area contributed by atoms with Crippen LogP contribution in [0.2, 0.25) is 0 Å². The first-order valence-electron chi connectivity index (χ1n) is 8.33. The van der Waals surface area contributed by atoms with Gasteiger partial charge in [0.1, 0.15) is 18.0 Å². The molecule has 8 nitrogen and oxygen atoms in total. The van der Waals surface area contributed by atoms with Crippen molar-refractivity contribution < 1.29 is 14.3 Å². The molecule has 2 aromatic rings. The first-order valence-corrected chi connectivity index (χ1v) is 8.74. The third-order valence-corrected chi connectivity index (χ3v) is 4.22. The molecule has 0 saturated carbocycles. The highest BCUT2D eigenvalue weighted by Crippen LogP contribution is 2.32. The summed E-state index contributed by atoms with van der Waals surface area (Å²) in [4.78, 5) is 28.8. The zero-order valence-electron chi connectivity index (χ0n) is 15.9. The number of methoxy groups -OCH3 is 2. The summed E-state index contributed by atoms with van der Waals surface area (Å²) < 4.78 is 12.4. The van der Waals surface area contributed by atoms with Crippen molar-refractivity contribution in [2.75, 3.05) is 41.4 Å². The maximum Gasteiger partial charge on any atom is 0.252 e. The summed E-state index contributed by atoms with van der Waals surface area (Å²) in [7, 11) is 6.94. The number of nitrogens with one attached hydrogen (secondary N) is 2. The molecule has 27 heavy (non-hydrogen) atoms. The van der Waals surface area contributed by atoms with Crippen molar-refractivity contribution in [1.29, 1.82) is 0 Å². The van der Waals surface area contributed by atoms with E-state index in [1.54, 1.807) is 29.9 Å². The van der Waals surface area contributed by atoms with Crippen molar-refractivity contribution >= 4 is 18.1 Å². The molecule has 9 heteroatoms. The zero-order chi connectivity index (χ0) is 20.0. The Labute approximate surface area is 162 Å². The van der Waals surface area contributed by atoms with Crippen LogP contribution in [-0.4, -0.2) is 61.8 Å². The average Bonchev–Trinajstić information content (AvgIpc) is 2.62. The van der Waals surface area contributed by atoms with Crippen LogP contribution in [0.15, 0.2) is 29.1 Å². The van der Waals surface area contributed by atoms with E-state index >= 15 is 0 Å². The van der Waals surface area contributed by atoms with Crippen LogP contribution in [0, 0.1) is 4.77 Å². The predicted molar refractivity (Wildman–Crippen MR) is 106 cm³/mol. The standard InChI is InChI=1S/C18H24N4O4S/c1-21(2)8-7-19-17(24)11-22-14(10-16(23)20-18(22)27)13-6-5-12(25-3)9-15(13)26-4/h5-6,9-10H,7-8,11H2,1-4H3,(H,19,24)(H,20,23,27). The minimum Gasteiger partial charge on any atom is -0.497 e. The van der Waals surface area contributed by atoms with Crippen LogP contribution in [0.3, 0.4) is 0 Å². The number of amides is 1. The largest absolute Gasteiger partial charge is 0.497 e. The molecule has 0 spiro atoms. The number of aromatic nitrogens is 2. The highest BCUT2D eigenvalue weighted by Gasteiger charge is 2.15. The van der Waals surface area contributed by atoms with Gasteiger partial charge in [-0.1, -0.05) is 0 Å². The second-order valence-corrected chi connectivity index (χ2v) is 6.52. The molecule has 1 aromatic carbocycles. The molecule has 0 aliphatic heterocycles. The Bertz CT molecular complexity index is 920. The van der Waals surface area contributed by atoms with Gasteiger partial charge in [-0.2, -0.15) is 0 Å². The number of nitrogens with zero attached hydrogens (tertiary/aromatic N) is 2. The number of hydrogen-bond donors (Lipinski definition) is 2. The molecule has 0 unspecified atom stereocenters. The van der Waals surface area contributed by atoms with Crippen molar-refractivity contribution in [3.8, 4) is 22.8 Å². The number of benzene rings is 1. The van der Waals surface area contributed by atoms with Crippen molar-refractivity contribution in [1.82, 2.24) is 19.8 Å². The SMILES string of the molecule is COc1ccc(-c2cc(=O)[nH]c(=S)n2CC(=O)NCCN(C)C)c(OC)c1. The Morgan fingerprint density at radius 1 is 1.26 bits per heavy atom. The monoisotopic (exact) mass is 392 g/mol. The van der Waals surface area contributed by atoms with Crippen LogP contribution < -0.4 is 20.3 Å². The minimum absolute atomic E-state index is 0.0203. The fraction of sp³-hybridized carbons (Fsp3) is 0.389. The lowest BCUT2D eigenvalue weighted by Crippen LogP contribution is -2.34. The Morgan fingerprint density at radius 3 is 2.63 bits per heavy atom. The van der Waals surface area contributed by atoms with E-state index in [9.17, 15) is 9.59 Å². The Morgan fingerprint density at radius 2 is 2.00 bits per heavy atom. The molecule has 0 radical (unpaired) electrons. The molecule has 0 fully saturated rings. The molecule has 0 aliphatic carbocycles. The molecule has 0 atom stereocenters. The van der Waals surface area contributed by atoms with Gasteiger partial charge in [0.2, 0.25) is 5.91 Å². The fourth-order valence-electron chi connectivity index (χ4n) is 2.53. The lowest BCUT2D eigenvalue weighted by molar-refractivity contribution is -0.121. The van der Waals surface area contributed by atoms with Gasteiger partial charge in [0.15, 0.2) is 4.77 Å². The Kier molecular flexibility index (Phi) is 7.14. The van der Waals surface area contributed by atoms with Gasteiger partial charge in [0.25, 0.3) is 5.56 Å². The normalized spacial score (nSPS) is 10.7. The van der Waals surface area contributed by atoms with E-state index in [0.717, 1.165) is 6.54 Å². The first-order chi connectivity index (χ1) is 12.8. The average molecular weight is 392 g/mol. The third kappa shape index (κ3) is 5.41. The maximum absolute atomic E-state index is 12.3. The Hall–Kier alpha value is -2.65. The summed E-state index contributed by atoms with van der Waals surface area (Å²) in [6.07, 6.45) is 0. The first kappa shape index (κ1) is 20.7. The summed E-state index contributed by atoms with van der Waals surface area (Å²) >= 11 is 5.28. The quantitative estimate of drug-likeness (QED) is 0.658. The fourth-order valence-corrected chi connectivity index (χ4v) is 2.79. The van der Waals surface area contributed by atoms with Crippen LogP contribution in [0.5, 0.6) is 11.5 Å². The second kappa shape index (κ2) is 9.33. The summed E-state index contributed by atoms with van der Waals surface area (Å²) in [5, 5.41) is 2.84. The van der Waals surface area contributed by atoms with E-state index < -0.39 is 0 Å². The molecule has 1 amide bonds. The van der Waals surface area contributed by atoms with Crippen molar-refractivity contribution in [3.63, 3.8) is 0 Å². The molecule has 2 N–H and O–H groups in total. The van der Waals surface area contributed by atoms with E-state index in [2.05, 4.69) is 10.3 Å². The summed E-state index contributed by atoms with van der Waals surface area (Å²) in [5.74, 6) is 0.928. The lowest BCUT2D eigenvalue weighted by Gasteiger charge is -2.17. The number of rotatable bonds is 8. The number of H-pyrrole nitrogens is 1. The molecule has 0 bridgehead atoms. The van der Waals surface area contributed by atoms with E-state index in [1.807, 2.05) is 19.0 Å². The molecular weight excluding hydrogens is 368 g/mol. The summed E-state index contributed by atoms with van der Waals surface area (Å²) in [5.41, 5.74) is 0.778. The van der Waals surface area contributed by atoms with Gasteiger partial charge < -0.3 is 24.3 Å². The minimum atomic E-state index is -0.350. The smallest absolute Gasteiger partial charge is 0.252 e. The molecule has 146 valence electrons. The van der Waals surface area contributed by atoms with Crippen molar-refractivity contribution in [2.45, 2.75) is 6.54 Å². The zero-order valence-corrected chi connectivity index (χ0v) is 16.7. The molecule has 1 heterocycles. The Balaban J connectivity index is 2.42. The number of hydrogen-bond acceptors (Lipinski definition) is 6. The second-order valence-electron chi connectivity index (χ2n) is 6.13. The van der Waals surface area contributed by atoms with Gasteiger partial charge in [0, 0.05) is 30.8 Å². The predicted octanol–water partition coefficient (Wildman–Crippen LogP) is 1.27. The van der Waals surface area contributed by atoms with Gasteiger partial charge in [-0.15, -0.1) is 0 Å². The lowest BCUT2D eigenvalue weighted by atomic mass is 10.1. The van der Waals surface area contributed by atoms with E-state index in [0.29, 0.717) is 29.3 Å². The van der Waals surface area contributed by atoms with Gasteiger partial charge >= 0.3 is 0 Å². The van der Waals surface area contributed by atoms with Gasteiger partial charge in [-0.25, -0.2) is 0 Å². The van der Waals surface area contributed by atoms with Crippen LogP contribution in [-0.2, 0) is 11.3 Å². The van der Waals surface area contributed by atoms with E-state index in [-0.39, 0.29) is 22.8 Å². The highest BCUT2D eigenvalue weighted by atomic mass is 32.1. The van der Waals surface area contributed by atoms with Crippen LogP contribution in [0.4, 0.5) is 0 Å². The van der Waals surface area contributed by atoms with Crippen LogP contribution in [0.25, 0.3) is 11.3 Å². The molecular formula is C18H24N4O4S. The van der Waals surface area contributed by atoms with Gasteiger partial charge in [0.05, 0.1) is 19.9 Å². The van der Waals surface area contributed by atoms with Crippen molar-refractivity contribution in [2.24, 2.45) is 0 Å². The van der Waals surface area contributed by atoms with Crippen LogP contribution >= 0.6 is 12.2 Å². The summed E-state index contributed by atoms with van der Waals surface area (Å²) in [6.45, 7) is 1.22. The highest BCUT2D eigenvalue weighted by molar-refractivity contribution is 7.71. The molecule has 1 aromatic heterocycles. The third-order valence-electron chi connectivity index (χ3n) is 3.90. The van der Waals surface area contributed by atoms with Crippen molar-refractivity contribution in [3.05, 3.63) is 39.4 Å². The van der Waals surface area contributed by atoms with E-state index in [1.165, 1.54) is 13.2 Å². The molecule has 2 rings (SSSR count). The number of aromatic amines is 1. The van der Waals surface area contributed by atoms with E-state index in [4.69, 9.17) is 21.7 Å².